The van der Waals surface area contributed by atoms with Crippen molar-refractivity contribution in [1.29, 1.82) is 0 Å². The van der Waals surface area contributed by atoms with Crippen molar-refractivity contribution in [1.82, 2.24) is 20.5 Å². The van der Waals surface area contributed by atoms with E-state index in [1.165, 1.54) is 5.56 Å². The van der Waals surface area contributed by atoms with Gasteiger partial charge in [0.05, 0.1) is 12.2 Å². The molecular formula is C21H32IN5. The average molecular weight is 481 g/mol. The van der Waals surface area contributed by atoms with Gasteiger partial charge >= 0.3 is 0 Å². The highest BCUT2D eigenvalue weighted by atomic mass is 127. The van der Waals surface area contributed by atoms with Crippen molar-refractivity contribution < 1.29 is 0 Å². The molecule has 148 valence electrons. The Morgan fingerprint density at radius 3 is 2.52 bits per heavy atom. The van der Waals surface area contributed by atoms with Gasteiger partial charge in [-0.1, -0.05) is 36.4 Å². The number of halogens is 1. The molecule has 5 nitrogen and oxygen atoms in total. The van der Waals surface area contributed by atoms with Crippen LogP contribution in [0.5, 0.6) is 0 Å². The number of aromatic nitrogens is 1. The molecule has 27 heavy (non-hydrogen) atoms. The molecule has 0 aliphatic carbocycles. The fraction of sp³-hybridized carbons (Fsp3) is 0.429. The molecule has 0 spiro atoms. The molecule has 2 N–H and O–H groups in total. The second-order valence-electron chi connectivity index (χ2n) is 6.66. The number of guanidine groups is 1. The van der Waals surface area contributed by atoms with Crippen LogP contribution in [-0.2, 0) is 13.1 Å². The molecule has 1 unspecified atom stereocenters. The molecule has 0 aliphatic rings. The minimum Gasteiger partial charge on any atom is -0.356 e. The summed E-state index contributed by atoms with van der Waals surface area (Å²) in [7, 11) is 3.97. The molecule has 0 saturated heterocycles. The van der Waals surface area contributed by atoms with E-state index in [0.717, 1.165) is 36.9 Å². The monoisotopic (exact) mass is 481 g/mol. The Kier molecular flexibility index (Phi) is 11.0. The Balaban J connectivity index is 0.00000364. The predicted octanol–water partition coefficient (Wildman–Crippen LogP) is 3.58. The smallest absolute Gasteiger partial charge is 0.191 e. The van der Waals surface area contributed by atoms with Crippen molar-refractivity contribution in [2.24, 2.45) is 4.99 Å². The van der Waals surface area contributed by atoms with E-state index in [4.69, 9.17) is 0 Å². The van der Waals surface area contributed by atoms with E-state index in [2.05, 4.69) is 69.8 Å². The van der Waals surface area contributed by atoms with Crippen LogP contribution in [-0.4, -0.2) is 42.5 Å². The number of benzene rings is 1. The fourth-order valence-corrected chi connectivity index (χ4v) is 2.74. The number of nitrogens with one attached hydrogen (secondary N) is 2. The SMILES string of the molecule is CN=C(NCCC(C)N(C)Cc1ccccc1)NCc1cccc(C)n1.I. The molecular weight excluding hydrogens is 449 g/mol. The topological polar surface area (TPSA) is 52.6 Å². The molecule has 0 aliphatic heterocycles. The van der Waals surface area contributed by atoms with Crippen LogP contribution in [0, 0.1) is 6.92 Å². The summed E-state index contributed by atoms with van der Waals surface area (Å²) < 4.78 is 0. The van der Waals surface area contributed by atoms with Gasteiger partial charge in [0.2, 0.25) is 0 Å². The van der Waals surface area contributed by atoms with Gasteiger partial charge in [0.25, 0.3) is 0 Å². The van der Waals surface area contributed by atoms with Crippen molar-refractivity contribution in [3.63, 3.8) is 0 Å². The van der Waals surface area contributed by atoms with E-state index in [1.807, 2.05) is 25.1 Å². The molecule has 1 atom stereocenters. The van der Waals surface area contributed by atoms with Gasteiger partial charge in [-0.05, 0) is 45.0 Å². The van der Waals surface area contributed by atoms with E-state index in [-0.39, 0.29) is 24.0 Å². The zero-order valence-corrected chi connectivity index (χ0v) is 19.1. The standard InChI is InChI=1S/C21H31N5.HI/c1-17-9-8-12-20(25-17)15-24-21(22-3)23-14-13-18(2)26(4)16-19-10-6-5-7-11-19;/h5-12,18H,13-16H2,1-4H3,(H2,22,23,24);1H. The Labute approximate surface area is 180 Å². The highest BCUT2D eigenvalue weighted by Crippen LogP contribution is 2.07. The first kappa shape index (κ1) is 23.4. The van der Waals surface area contributed by atoms with Crippen molar-refractivity contribution in [2.75, 3.05) is 20.6 Å². The summed E-state index contributed by atoms with van der Waals surface area (Å²) in [4.78, 5) is 11.2. The lowest BCUT2D eigenvalue weighted by atomic mass is 10.1. The van der Waals surface area contributed by atoms with E-state index in [1.54, 1.807) is 7.05 Å². The molecule has 6 heteroatoms. The summed E-state index contributed by atoms with van der Waals surface area (Å²) in [5.41, 5.74) is 3.39. The van der Waals surface area contributed by atoms with Gasteiger partial charge in [0.1, 0.15) is 0 Å². The molecule has 0 radical (unpaired) electrons. The average Bonchev–Trinajstić information content (AvgIpc) is 2.65. The lowest BCUT2D eigenvalue weighted by Crippen LogP contribution is -2.39. The molecule has 1 heterocycles. The van der Waals surface area contributed by atoms with Crippen molar-refractivity contribution in [3.05, 3.63) is 65.5 Å². The van der Waals surface area contributed by atoms with Crippen LogP contribution in [0.25, 0.3) is 0 Å². The zero-order chi connectivity index (χ0) is 18.8. The molecule has 0 fully saturated rings. The third-order valence-electron chi connectivity index (χ3n) is 4.49. The first-order chi connectivity index (χ1) is 12.6. The van der Waals surface area contributed by atoms with Crippen molar-refractivity contribution in [2.45, 2.75) is 39.4 Å². The van der Waals surface area contributed by atoms with Crippen LogP contribution in [0.15, 0.2) is 53.5 Å². The van der Waals surface area contributed by atoms with E-state index >= 15 is 0 Å². The van der Waals surface area contributed by atoms with Gasteiger partial charge < -0.3 is 10.6 Å². The van der Waals surface area contributed by atoms with Gasteiger partial charge in [-0.25, -0.2) is 0 Å². The zero-order valence-electron chi connectivity index (χ0n) is 16.8. The third-order valence-corrected chi connectivity index (χ3v) is 4.49. The number of nitrogens with zero attached hydrogens (tertiary/aromatic N) is 3. The van der Waals surface area contributed by atoms with Gasteiger partial charge in [0, 0.05) is 31.9 Å². The van der Waals surface area contributed by atoms with Gasteiger partial charge in [0.15, 0.2) is 5.96 Å². The highest BCUT2D eigenvalue weighted by Gasteiger charge is 2.09. The Morgan fingerprint density at radius 2 is 1.85 bits per heavy atom. The van der Waals surface area contributed by atoms with Crippen LogP contribution in [0.2, 0.25) is 0 Å². The fourth-order valence-electron chi connectivity index (χ4n) is 2.74. The predicted molar refractivity (Wildman–Crippen MR) is 125 cm³/mol. The van der Waals surface area contributed by atoms with Crippen LogP contribution >= 0.6 is 24.0 Å². The number of hydrogen-bond acceptors (Lipinski definition) is 3. The van der Waals surface area contributed by atoms with Crippen LogP contribution in [0.3, 0.4) is 0 Å². The summed E-state index contributed by atoms with van der Waals surface area (Å²) >= 11 is 0. The van der Waals surface area contributed by atoms with Gasteiger partial charge in [-0.3, -0.25) is 14.9 Å². The first-order valence-corrected chi connectivity index (χ1v) is 9.19. The van der Waals surface area contributed by atoms with Gasteiger partial charge in [-0.15, -0.1) is 24.0 Å². The van der Waals surface area contributed by atoms with E-state index in [9.17, 15) is 0 Å². The normalized spacial score (nSPS) is 12.4. The van der Waals surface area contributed by atoms with Gasteiger partial charge in [-0.2, -0.15) is 0 Å². The number of rotatable bonds is 8. The maximum Gasteiger partial charge on any atom is 0.191 e. The lowest BCUT2D eigenvalue weighted by Gasteiger charge is -2.25. The van der Waals surface area contributed by atoms with Crippen LogP contribution in [0.4, 0.5) is 0 Å². The minimum absolute atomic E-state index is 0. The molecule has 1 aromatic heterocycles. The number of aliphatic imine (C=N–C) groups is 1. The summed E-state index contributed by atoms with van der Waals surface area (Å²) in [6.07, 6.45) is 1.05. The molecule has 0 amide bonds. The van der Waals surface area contributed by atoms with Crippen LogP contribution in [0.1, 0.15) is 30.3 Å². The van der Waals surface area contributed by atoms with E-state index in [0.29, 0.717) is 12.6 Å². The summed E-state index contributed by atoms with van der Waals surface area (Å²) in [5.74, 6) is 0.811. The highest BCUT2D eigenvalue weighted by molar-refractivity contribution is 14.0. The summed E-state index contributed by atoms with van der Waals surface area (Å²) in [6.45, 7) is 6.78. The third kappa shape index (κ3) is 8.71. The van der Waals surface area contributed by atoms with Crippen LogP contribution < -0.4 is 10.6 Å². The second-order valence-corrected chi connectivity index (χ2v) is 6.66. The number of pyridine rings is 1. The Hall–Kier alpha value is -1.67. The molecule has 2 rings (SSSR count). The summed E-state index contributed by atoms with van der Waals surface area (Å²) in [6, 6.07) is 17.1. The molecule has 1 aromatic carbocycles. The number of hydrogen-bond donors (Lipinski definition) is 2. The summed E-state index contributed by atoms with van der Waals surface area (Å²) in [5, 5.41) is 6.71. The molecule has 0 saturated carbocycles. The largest absolute Gasteiger partial charge is 0.356 e. The first-order valence-electron chi connectivity index (χ1n) is 9.19. The Morgan fingerprint density at radius 1 is 1.11 bits per heavy atom. The Bertz CT molecular complexity index is 690. The molecule has 0 bridgehead atoms. The maximum atomic E-state index is 4.50. The van der Waals surface area contributed by atoms with Crippen molar-refractivity contribution in [3.8, 4) is 0 Å². The lowest BCUT2D eigenvalue weighted by molar-refractivity contribution is 0.238. The second kappa shape index (κ2) is 12.7. The number of aryl methyl sites for hydroxylation is 1. The maximum absolute atomic E-state index is 4.50. The van der Waals surface area contributed by atoms with Crippen molar-refractivity contribution >= 4 is 29.9 Å². The molecule has 2 aromatic rings. The quantitative estimate of drug-likeness (QED) is 0.344. The van der Waals surface area contributed by atoms with E-state index < -0.39 is 0 Å². The minimum atomic E-state index is 0.